The van der Waals surface area contributed by atoms with Crippen LogP contribution in [0.3, 0.4) is 0 Å². The fourth-order valence-electron chi connectivity index (χ4n) is 2.88. The minimum atomic E-state index is -3.43. The first-order chi connectivity index (χ1) is 13.2. The molecule has 0 spiro atoms. The van der Waals surface area contributed by atoms with Crippen LogP contribution in [0.1, 0.15) is 39.2 Å². The van der Waals surface area contributed by atoms with E-state index in [1.54, 1.807) is 32.9 Å². The topological polar surface area (TPSA) is 78.5 Å². The molecule has 1 aliphatic rings. The number of rotatable bonds is 6. The number of benzene rings is 2. The third-order valence-corrected chi connectivity index (χ3v) is 6.88. The van der Waals surface area contributed by atoms with E-state index in [0.717, 1.165) is 29.9 Å². The number of hydrogen-bond donors (Lipinski definition) is 2. The molecule has 0 bridgehead atoms. The van der Waals surface area contributed by atoms with Gasteiger partial charge in [-0.05, 0) is 69.2 Å². The van der Waals surface area contributed by atoms with Gasteiger partial charge in [0.2, 0.25) is 15.9 Å². The molecule has 2 N–H and O–H groups in total. The van der Waals surface area contributed by atoms with E-state index in [4.69, 9.17) is 0 Å². The Morgan fingerprint density at radius 3 is 2.11 bits per heavy atom. The quantitative estimate of drug-likeness (QED) is 0.768. The van der Waals surface area contributed by atoms with Gasteiger partial charge in [-0.15, -0.1) is 0 Å². The van der Waals surface area contributed by atoms with Crippen LogP contribution in [-0.4, -0.2) is 25.6 Å². The average Bonchev–Trinajstić information content (AvgIpc) is 3.06. The number of sulfonamides is 1. The average molecular weight is 402 g/mol. The molecule has 150 valence electrons. The Morgan fingerprint density at radius 2 is 1.57 bits per heavy atom. The Balaban J connectivity index is 1.57. The van der Waals surface area contributed by atoms with Crippen LogP contribution in [-0.2, 0) is 21.4 Å². The summed E-state index contributed by atoms with van der Waals surface area (Å²) in [4.78, 5) is 13.6. The first-order valence-electron chi connectivity index (χ1n) is 9.41. The summed E-state index contributed by atoms with van der Waals surface area (Å²) in [5.41, 5.74) is 3.49. The van der Waals surface area contributed by atoms with Crippen molar-refractivity contribution in [3.8, 4) is 0 Å². The van der Waals surface area contributed by atoms with Crippen LogP contribution in [0.2, 0.25) is 0 Å². The van der Waals surface area contributed by atoms with Gasteiger partial charge in [-0.25, -0.2) is 8.42 Å². The monoisotopic (exact) mass is 401 g/mol. The first kappa shape index (κ1) is 20.2. The van der Waals surface area contributed by atoms with Crippen molar-refractivity contribution < 1.29 is 13.2 Å². The highest BCUT2D eigenvalue weighted by Gasteiger charge is 2.28. The maximum Gasteiger partial charge on any atom is 0.237 e. The number of amides is 1. The lowest BCUT2D eigenvalue weighted by molar-refractivity contribution is -0.117. The van der Waals surface area contributed by atoms with E-state index in [0.29, 0.717) is 18.7 Å². The molecule has 28 heavy (non-hydrogen) atoms. The summed E-state index contributed by atoms with van der Waals surface area (Å²) in [5, 5.41) is 3.34. The van der Waals surface area contributed by atoms with E-state index in [-0.39, 0.29) is 5.91 Å². The molecule has 0 aromatic heterocycles. The van der Waals surface area contributed by atoms with Crippen molar-refractivity contribution in [2.45, 2.75) is 44.9 Å². The molecule has 0 atom stereocenters. The summed E-state index contributed by atoms with van der Waals surface area (Å²) in [7, 11) is -3.43. The van der Waals surface area contributed by atoms with Crippen LogP contribution in [0, 0.1) is 0 Å². The zero-order chi connectivity index (χ0) is 20.4. The molecule has 0 saturated carbocycles. The fourth-order valence-corrected chi connectivity index (χ4v) is 3.64. The second-order valence-electron chi connectivity index (χ2n) is 7.96. The van der Waals surface area contributed by atoms with Crippen LogP contribution in [0.25, 0.3) is 0 Å². The van der Waals surface area contributed by atoms with Crippen molar-refractivity contribution in [1.82, 2.24) is 0 Å². The Kier molecular flexibility index (Phi) is 5.65. The number of carbonyl (C=O) groups excluding carboxylic acids is 1. The maximum atomic E-state index is 12.2. The van der Waals surface area contributed by atoms with Gasteiger partial charge in [-0.2, -0.15) is 0 Å². The molecule has 1 fully saturated rings. The molecule has 0 aliphatic carbocycles. The van der Waals surface area contributed by atoms with E-state index < -0.39 is 14.8 Å². The minimum Gasteiger partial charge on any atom is -0.381 e. The van der Waals surface area contributed by atoms with E-state index in [2.05, 4.69) is 10.0 Å². The lowest BCUT2D eigenvalue weighted by Gasteiger charge is -2.20. The van der Waals surface area contributed by atoms with Crippen LogP contribution in [0.4, 0.5) is 17.1 Å². The molecule has 0 radical (unpaired) electrons. The number of nitrogens with one attached hydrogen (secondary N) is 2. The first-order valence-corrected chi connectivity index (χ1v) is 10.9. The van der Waals surface area contributed by atoms with Gasteiger partial charge in [0, 0.05) is 36.6 Å². The van der Waals surface area contributed by atoms with Crippen LogP contribution in [0.5, 0.6) is 0 Å². The summed E-state index contributed by atoms with van der Waals surface area (Å²) >= 11 is 0. The van der Waals surface area contributed by atoms with Crippen LogP contribution < -0.4 is 14.9 Å². The molecule has 7 heteroatoms. The van der Waals surface area contributed by atoms with Gasteiger partial charge in [-0.1, -0.05) is 12.1 Å². The summed E-state index contributed by atoms with van der Waals surface area (Å²) < 4.78 is 26.2. The Morgan fingerprint density at radius 1 is 0.964 bits per heavy atom. The molecule has 0 unspecified atom stereocenters. The van der Waals surface area contributed by atoms with E-state index in [1.807, 2.05) is 41.3 Å². The Bertz CT molecular complexity index is 930. The van der Waals surface area contributed by atoms with Crippen LogP contribution in [0.15, 0.2) is 48.5 Å². The summed E-state index contributed by atoms with van der Waals surface area (Å²) in [6.45, 7) is 6.40. The smallest absolute Gasteiger partial charge is 0.237 e. The lowest BCUT2D eigenvalue weighted by atomic mass is 10.2. The number of nitrogens with zero attached hydrogens (tertiary/aromatic N) is 1. The van der Waals surface area contributed by atoms with Crippen molar-refractivity contribution in [1.29, 1.82) is 0 Å². The van der Waals surface area contributed by atoms with Gasteiger partial charge in [-0.3, -0.25) is 9.52 Å². The maximum absolute atomic E-state index is 12.2. The van der Waals surface area contributed by atoms with E-state index >= 15 is 0 Å². The molecular weight excluding hydrogens is 374 g/mol. The largest absolute Gasteiger partial charge is 0.381 e. The molecule has 6 nitrogen and oxygen atoms in total. The number of hydrogen-bond acceptors (Lipinski definition) is 4. The highest BCUT2D eigenvalue weighted by atomic mass is 32.2. The predicted octanol–water partition coefficient (Wildman–Crippen LogP) is 3.97. The molecule has 3 rings (SSSR count). The number of carbonyl (C=O) groups is 1. The van der Waals surface area contributed by atoms with Crippen LogP contribution >= 0.6 is 0 Å². The third kappa shape index (κ3) is 4.65. The molecule has 1 aliphatic heterocycles. The standard InChI is InChI=1S/C21H27N3O3S/c1-21(2,3)28(26,27)23-18-8-6-16(7-9-18)15-22-17-10-12-19(13-11-17)24-14-4-5-20(24)25/h6-13,22-23H,4-5,14-15H2,1-3H3. The molecule has 1 amide bonds. The van der Waals surface area contributed by atoms with Crippen molar-refractivity contribution in [3.63, 3.8) is 0 Å². The molecule has 1 heterocycles. The van der Waals surface area contributed by atoms with Crippen molar-refractivity contribution >= 4 is 33.0 Å². The van der Waals surface area contributed by atoms with Gasteiger partial charge in [0.05, 0.1) is 4.75 Å². The van der Waals surface area contributed by atoms with E-state index in [1.165, 1.54) is 0 Å². The second-order valence-corrected chi connectivity index (χ2v) is 10.4. The lowest BCUT2D eigenvalue weighted by Crippen LogP contribution is -2.33. The van der Waals surface area contributed by atoms with Crippen molar-refractivity contribution in [2.75, 3.05) is 21.5 Å². The van der Waals surface area contributed by atoms with E-state index in [9.17, 15) is 13.2 Å². The third-order valence-electron chi connectivity index (χ3n) is 4.76. The molecule has 2 aromatic carbocycles. The fraction of sp³-hybridized carbons (Fsp3) is 0.381. The minimum absolute atomic E-state index is 0.183. The van der Waals surface area contributed by atoms with Gasteiger partial charge >= 0.3 is 0 Å². The SMILES string of the molecule is CC(C)(C)S(=O)(=O)Nc1ccc(CNc2ccc(N3CCCC3=O)cc2)cc1. The highest BCUT2D eigenvalue weighted by Crippen LogP contribution is 2.24. The summed E-state index contributed by atoms with van der Waals surface area (Å²) in [6, 6.07) is 15.2. The molecular formula is C21H27N3O3S. The summed E-state index contributed by atoms with van der Waals surface area (Å²) in [5.74, 6) is 0.183. The zero-order valence-electron chi connectivity index (χ0n) is 16.5. The molecule has 1 saturated heterocycles. The summed E-state index contributed by atoms with van der Waals surface area (Å²) in [6.07, 6.45) is 1.54. The van der Waals surface area contributed by atoms with Crippen molar-refractivity contribution in [2.24, 2.45) is 0 Å². The van der Waals surface area contributed by atoms with Gasteiger partial charge in [0.15, 0.2) is 0 Å². The van der Waals surface area contributed by atoms with Gasteiger partial charge in [0.1, 0.15) is 0 Å². The number of anilines is 3. The molecule has 2 aromatic rings. The second kappa shape index (κ2) is 7.83. The van der Waals surface area contributed by atoms with Gasteiger partial charge < -0.3 is 10.2 Å². The zero-order valence-corrected chi connectivity index (χ0v) is 17.3. The van der Waals surface area contributed by atoms with Gasteiger partial charge in [0.25, 0.3) is 0 Å². The highest BCUT2D eigenvalue weighted by molar-refractivity contribution is 7.94. The predicted molar refractivity (Wildman–Crippen MR) is 114 cm³/mol. The normalized spacial score (nSPS) is 15.0. The Hall–Kier alpha value is -2.54. The van der Waals surface area contributed by atoms with Crippen molar-refractivity contribution in [3.05, 3.63) is 54.1 Å². The Labute approximate surface area is 167 Å².